The maximum absolute atomic E-state index is 5.83. The van der Waals surface area contributed by atoms with Gasteiger partial charge in [-0.3, -0.25) is 0 Å². The van der Waals surface area contributed by atoms with E-state index in [0.29, 0.717) is 14.6 Å². The van der Waals surface area contributed by atoms with Gasteiger partial charge in [-0.25, -0.2) is 4.98 Å². The number of hydrogen-bond donors (Lipinski definition) is 0. The molecule has 0 bridgehead atoms. The molecule has 62 valence electrons. The topological polar surface area (TPSA) is 12.9 Å². The Labute approximate surface area is 87.9 Å². The lowest BCUT2D eigenvalue weighted by Crippen LogP contribution is -1.75. The molecule has 0 aromatic carbocycles. The normalized spacial score (nSPS) is 10.9. The molecule has 0 radical (unpaired) electrons. The molecule has 12 heavy (non-hydrogen) atoms. The number of hydrogen-bond acceptors (Lipinski definition) is 2. The van der Waals surface area contributed by atoms with Crippen LogP contribution in [0.5, 0.6) is 0 Å². The lowest BCUT2D eigenvalue weighted by atomic mass is 10.3. The van der Waals surface area contributed by atoms with E-state index in [-0.39, 0.29) is 0 Å². The summed E-state index contributed by atoms with van der Waals surface area (Å²) >= 11 is 18.8. The van der Waals surface area contributed by atoms with Crippen molar-refractivity contribution in [2.24, 2.45) is 0 Å². The highest BCUT2D eigenvalue weighted by atomic mass is 35.5. The van der Waals surface area contributed by atoms with E-state index in [2.05, 4.69) is 4.98 Å². The minimum atomic E-state index is 0.394. The van der Waals surface area contributed by atoms with Crippen molar-refractivity contribution in [3.8, 4) is 0 Å². The van der Waals surface area contributed by atoms with Crippen molar-refractivity contribution in [1.29, 1.82) is 0 Å². The molecule has 1 nitrogen and oxygen atoms in total. The van der Waals surface area contributed by atoms with Gasteiger partial charge in [0.1, 0.15) is 10.3 Å². The largest absolute Gasteiger partial charge is 0.224 e. The van der Waals surface area contributed by atoms with E-state index in [9.17, 15) is 0 Å². The van der Waals surface area contributed by atoms with Crippen LogP contribution >= 0.6 is 46.1 Å². The molecule has 0 saturated heterocycles. The smallest absolute Gasteiger partial charge is 0.139 e. The summed E-state index contributed by atoms with van der Waals surface area (Å²) in [6.07, 6.45) is 0. The average molecular weight is 239 g/mol. The van der Waals surface area contributed by atoms with E-state index in [1.165, 1.54) is 11.3 Å². The Morgan fingerprint density at radius 3 is 2.67 bits per heavy atom. The summed E-state index contributed by atoms with van der Waals surface area (Å²) in [6, 6.07) is 3.53. The molecule has 2 aromatic heterocycles. The molecule has 0 spiro atoms. The molecule has 0 N–H and O–H groups in total. The highest BCUT2D eigenvalue weighted by molar-refractivity contribution is 7.22. The van der Waals surface area contributed by atoms with Gasteiger partial charge in [0.25, 0.3) is 0 Å². The van der Waals surface area contributed by atoms with Gasteiger partial charge >= 0.3 is 0 Å². The van der Waals surface area contributed by atoms with E-state index in [1.807, 2.05) is 0 Å². The Kier molecular flexibility index (Phi) is 2.17. The van der Waals surface area contributed by atoms with Crippen LogP contribution in [0.2, 0.25) is 14.6 Å². The van der Waals surface area contributed by atoms with Crippen LogP contribution < -0.4 is 0 Å². The molecule has 0 saturated carbocycles. The van der Waals surface area contributed by atoms with E-state index < -0.39 is 0 Å². The third-order valence-electron chi connectivity index (χ3n) is 1.41. The molecular weight excluding hydrogens is 237 g/mol. The Balaban J connectivity index is 2.88. The molecule has 0 aliphatic carbocycles. The zero-order valence-electron chi connectivity index (χ0n) is 5.64. The minimum Gasteiger partial charge on any atom is -0.224 e. The van der Waals surface area contributed by atoms with Crippen molar-refractivity contribution in [2.75, 3.05) is 0 Å². The van der Waals surface area contributed by atoms with Crippen LogP contribution in [0.1, 0.15) is 0 Å². The second-order valence-electron chi connectivity index (χ2n) is 2.20. The SMILES string of the molecule is Clc1cc2sc(Cl)cc2c(Cl)n1. The van der Waals surface area contributed by atoms with Gasteiger partial charge in [-0.15, -0.1) is 11.3 Å². The third kappa shape index (κ3) is 1.40. The van der Waals surface area contributed by atoms with Crippen LogP contribution in [-0.4, -0.2) is 4.98 Å². The van der Waals surface area contributed by atoms with Crippen molar-refractivity contribution >= 4 is 56.2 Å². The van der Waals surface area contributed by atoms with Crippen LogP contribution in [0.25, 0.3) is 10.1 Å². The standard InChI is InChI=1S/C7H2Cl3NS/c8-5-2-4-3(7(10)11-5)1-6(9)12-4/h1-2H. The first-order valence-electron chi connectivity index (χ1n) is 3.08. The van der Waals surface area contributed by atoms with Crippen molar-refractivity contribution in [3.63, 3.8) is 0 Å². The fourth-order valence-electron chi connectivity index (χ4n) is 0.937. The molecule has 0 aliphatic heterocycles. The Bertz CT molecular complexity index is 437. The second-order valence-corrected chi connectivity index (χ2v) is 4.66. The van der Waals surface area contributed by atoms with Crippen molar-refractivity contribution in [1.82, 2.24) is 4.98 Å². The predicted molar refractivity (Wildman–Crippen MR) is 54.7 cm³/mol. The monoisotopic (exact) mass is 237 g/mol. The number of fused-ring (bicyclic) bond motifs is 1. The molecule has 5 heteroatoms. The summed E-state index contributed by atoms with van der Waals surface area (Å²) in [4.78, 5) is 3.89. The first-order valence-corrected chi connectivity index (χ1v) is 5.03. The maximum Gasteiger partial charge on any atom is 0.139 e. The van der Waals surface area contributed by atoms with E-state index in [4.69, 9.17) is 34.8 Å². The minimum absolute atomic E-state index is 0.394. The fourth-order valence-corrected chi connectivity index (χ4v) is 2.72. The highest BCUT2D eigenvalue weighted by Gasteiger charge is 2.06. The third-order valence-corrected chi connectivity index (χ3v) is 3.10. The lowest BCUT2D eigenvalue weighted by Gasteiger charge is -1.92. The quantitative estimate of drug-likeness (QED) is 0.625. The number of nitrogens with zero attached hydrogens (tertiary/aromatic N) is 1. The molecule has 2 heterocycles. The Hall–Kier alpha value is -0.0200. The maximum atomic E-state index is 5.83. The van der Waals surface area contributed by atoms with Crippen LogP contribution in [0.15, 0.2) is 12.1 Å². The van der Waals surface area contributed by atoms with Gasteiger partial charge in [-0.05, 0) is 12.1 Å². The zero-order chi connectivity index (χ0) is 8.72. The molecule has 2 aromatic rings. The van der Waals surface area contributed by atoms with Crippen LogP contribution in [0, 0.1) is 0 Å². The van der Waals surface area contributed by atoms with Gasteiger partial charge in [0.15, 0.2) is 0 Å². The predicted octanol–water partition coefficient (Wildman–Crippen LogP) is 4.26. The number of rotatable bonds is 0. The zero-order valence-corrected chi connectivity index (χ0v) is 8.73. The van der Waals surface area contributed by atoms with Gasteiger partial charge in [-0.1, -0.05) is 34.8 Å². The molecule has 0 unspecified atom stereocenters. The van der Waals surface area contributed by atoms with E-state index in [1.54, 1.807) is 12.1 Å². The summed E-state index contributed by atoms with van der Waals surface area (Å²) in [5.41, 5.74) is 0. The number of halogens is 3. The van der Waals surface area contributed by atoms with E-state index in [0.717, 1.165) is 10.1 Å². The summed E-state index contributed by atoms with van der Waals surface area (Å²) < 4.78 is 1.65. The molecular formula is C7H2Cl3NS. The first-order chi connectivity index (χ1) is 5.66. The van der Waals surface area contributed by atoms with Crippen molar-refractivity contribution in [2.45, 2.75) is 0 Å². The average Bonchev–Trinajstić information content (AvgIpc) is 2.29. The molecule has 0 fully saturated rings. The summed E-state index contributed by atoms with van der Waals surface area (Å²) in [6.45, 7) is 0. The van der Waals surface area contributed by atoms with Gasteiger partial charge in [0.2, 0.25) is 0 Å². The van der Waals surface area contributed by atoms with Crippen LogP contribution in [0.3, 0.4) is 0 Å². The molecule has 0 amide bonds. The summed E-state index contributed by atoms with van der Waals surface area (Å²) in [5, 5.41) is 1.66. The van der Waals surface area contributed by atoms with Gasteiger partial charge in [0, 0.05) is 10.1 Å². The van der Waals surface area contributed by atoms with Crippen molar-refractivity contribution in [3.05, 3.63) is 26.8 Å². The van der Waals surface area contributed by atoms with Gasteiger partial charge in [-0.2, -0.15) is 0 Å². The molecule has 0 aliphatic rings. The van der Waals surface area contributed by atoms with Crippen molar-refractivity contribution < 1.29 is 0 Å². The lowest BCUT2D eigenvalue weighted by molar-refractivity contribution is 1.37. The van der Waals surface area contributed by atoms with E-state index >= 15 is 0 Å². The molecule has 0 atom stereocenters. The molecule has 2 rings (SSSR count). The second kappa shape index (κ2) is 3.04. The summed E-state index contributed by atoms with van der Waals surface area (Å²) in [5.74, 6) is 0. The highest BCUT2D eigenvalue weighted by Crippen LogP contribution is 2.34. The van der Waals surface area contributed by atoms with Gasteiger partial charge in [0.05, 0.1) is 4.34 Å². The first kappa shape index (κ1) is 8.57. The Morgan fingerprint density at radius 1 is 1.17 bits per heavy atom. The number of aromatic nitrogens is 1. The summed E-state index contributed by atoms with van der Waals surface area (Å²) in [7, 11) is 0. The van der Waals surface area contributed by atoms with Crippen LogP contribution in [0.4, 0.5) is 0 Å². The number of thiophene rings is 1. The Morgan fingerprint density at radius 2 is 1.92 bits per heavy atom. The number of pyridine rings is 1. The van der Waals surface area contributed by atoms with Crippen LogP contribution in [-0.2, 0) is 0 Å². The van der Waals surface area contributed by atoms with Gasteiger partial charge < -0.3 is 0 Å². The fraction of sp³-hybridized carbons (Fsp3) is 0.